The number of Topliss-reactive ketones (excluding diaryl/α,β-unsaturated/α-hetero) is 1. The highest BCUT2D eigenvalue weighted by atomic mass is 35.5. The predicted octanol–water partition coefficient (Wildman–Crippen LogP) is 2.28. The van der Waals surface area contributed by atoms with Gasteiger partial charge in [0.2, 0.25) is 5.28 Å². The summed E-state index contributed by atoms with van der Waals surface area (Å²) in [7, 11) is 2.81. The second kappa shape index (κ2) is 6.33. The Balaban J connectivity index is 2.15. The van der Waals surface area contributed by atoms with E-state index in [0.29, 0.717) is 10.6 Å². The minimum atomic E-state index is -0.584. The third-order valence-electron chi connectivity index (χ3n) is 3.84. The molecule has 7 nitrogen and oxygen atoms in total. The van der Waals surface area contributed by atoms with Gasteiger partial charge in [-0.05, 0) is 29.8 Å². The Labute approximate surface area is 156 Å². The number of halogens is 3. The monoisotopic (exact) mass is 400 g/mol. The van der Waals surface area contributed by atoms with Crippen molar-refractivity contribution in [2.45, 2.75) is 6.54 Å². The number of hydrogen-bond acceptors (Lipinski definition) is 4. The minimum absolute atomic E-state index is 0.0679. The van der Waals surface area contributed by atoms with Crippen LogP contribution in [0.25, 0.3) is 11.2 Å². The van der Waals surface area contributed by atoms with E-state index in [1.165, 1.54) is 41.4 Å². The quantitative estimate of drug-likeness (QED) is 0.498. The summed E-state index contributed by atoms with van der Waals surface area (Å²) in [5.74, 6) is -0.337. The van der Waals surface area contributed by atoms with Crippen LogP contribution in [0.1, 0.15) is 10.4 Å². The Morgan fingerprint density at radius 2 is 1.76 bits per heavy atom. The lowest BCUT2D eigenvalue weighted by Crippen LogP contribution is -2.37. The van der Waals surface area contributed by atoms with E-state index in [0.717, 1.165) is 4.57 Å². The molecule has 0 saturated carbocycles. The van der Waals surface area contributed by atoms with Gasteiger partial charge < -0.3 is 4.57 Å². The molecule has 0 amide bonds. The van der Waals surface area contributed by atoms with E-state index in [4.69, 9.17) is 34.8 Å². The number of fused-ring (bicyclic) bond motifs is 1. The van der Waals surface area contributed by atoms with Crippen molar-refractivity contribution >= 4 is 51.7 Å². The summed E-state index contributed by atoms with van der Waals surface area (Å²) in [5.41, 5.74) is -0.619. The number of hydrogen-bond donors (Lipinski definition) is 0. The number of nitrogens with zero attached hydrogens (tertiary/aromatic N) is 4. The molecule has 0 unspecified atom stereocenters. The Morgan fingerprint density at radius 1 is 1.08 bits per heavy atom. The van der Waals surface area contributed by atoms with E-state index in [2.05, 4.69) is 4.98 Å². The fourth-order valence-electron chi connectivity index (χ4n) is 2.47. The van der Waals surface area contributed by atoms with Gasteiger partial charge in [-0.1, -0.05) is 23.2 Å². The molecule has 25 heavy (non-hydrogen) atoms. The fraction of sp³-hybridized carbons (Fsp3) is 0.200. The van der Waals surface area contributed by atoms with Crippen molar-refractivity contribution in [2.24, 2.45) is 14.1 Å². The first-order valence-electron chi connectivity index (χ1n) is 7.02. The Hall–Kier alpha value is -2.09. The van der Waals surface area contributed by atoms with Crippen molar-refractivity contribution in [1.29, 1.82) is 0 Å². The van der Waals surface area contributed by atoms with Gasteiger partial charge in [-0.25, -0.2) is 4.79 Å². The molecule has 2 aromatic heterocycles. The molecule has 3 aromatic rings. The van der Waals surface area contributed by atoms with Crippen molar-refractivity contribution in [2.75, 3.05) is 0 Å². The zero-order valence-electron chi connectivity index (χ0n) is 13.1. The smallest absolute Gasteiger partial charge is 0.301 e. The molecule has 0 N–H and O–H groups in total. The van der Waals surface area contributed by atoms with Gasteiger partial charge in [0.15, 0.2) is 16.9 Å². The minimum Gasteiger partial charge on any atom is -0.301 e. The number of ketones is 1. The summed E-state index contributed by atoms with van der Waals surface area (Å²) in [6.07, 6.45) is 0. The van der Waals surface area contributed by atoms with Crippen molar-refractivity contribution < 1.29 is 4.79 Å². The van der Waals surface area contributed by atoms with Gasteiger partial charge >= 0.3 is 5.69 Å². The van der Waals surface area contributed by atoms with E-state index in [9.17, 15) is 14.4 Å². The Kier molecular flexibility index (Phi) is 4.49. The number of carbonyl (C=O) groups excluding carboxylic acids is 1. The van der Waals surface area contributed by atoms with Gasteiger partial charge in [-0.3, -0.25) is 18.7 Å². The summed E-state index contributed by atoms with van der Waals surface area (Å²) in [5, 5.41) is 0.502. The van der Waals surface area contributed by atoms with Gasteiger partial charge in [0, 0.05) is 19.7 Å². The lowest BCUT2D eigenvalue weighted by Gasteiger charge is -2.07. The SMILES string of the molecule is Cn1c(=O)c2c(nc(Cl)n2CC(=O)c2ccc(Cl)c(Cl)c2)n(C)c1=O. The van der Waals surface area contributed by atoms with Crippen molar-refractivity contribution in [1.82, 2.24) is 18.7 Å². The van der Waals surface area contributed by atoms with E-state index in [1.807, 2.05) is 0 Å². The first-order valence-corrected chi connectivity index (χ1v) is 8.15. The van der Waals surface area contributed by atoms with Crippen LogP contribution in [0.4, 0.5) is 0 Å². The Morgan fingerprint density at radius 3 is 2.40 bits per heavy atom. The third-order valence-corrected chi connectivity index (χ3v) is 4.87. The average Bonchev–Trinajstić information content (AvgIpc) is 2.90. The van der Waals surface area contributed by atoms with Crippen LogP contribution in [-0.2, 0) is 20.6 Å². The molecule has 3 rings (SSSR count). The lowest BCUT2D eigenvalue weighted by atomic mass is 10.1. The maximum atomic E-state index is 12.5. The molecule has 0 aliphatic heterocycles. The molecule has 0 bridgehead atoms. The molecule has 0 saturated heterocycles. The van der Waals surface area contributed by atoms with Gasteiger partial charge in [0.05, 0.1) is 16.6 Å². The van der Waals surface area contributed by atoms with Gasteiger partial charge in [-0.2, -0.15) is 4.98 Å². The summed E-state index contributed by atoms with van der Waals surface area (Å²) in [4.78, 5) is 41.0. The number of imidazole rings is 1. The largest absolute Gasteiger partial charge is 0.332 e. The van der Waals surface area contributed by atoms with Gasteiger partial charge in [0.1, 0.15) is 0 Å². The van der Waals surface area contributed by atoms with E-state index < -0.39 is 11.2 Å². The van der Waals surface area contributed by atoms with Crippen molar-refractivity contribution in [3.05, 3.63) is 59.9 Å². The first kappa shape index (κ1) is 17.7. The van der Waals surface area contributed by atoms with E-state index in [-0.39, 0.29) is 33.8 Å². The summed E-state index contributed by atoms with van der Waals surface area (Å²) in [6.45, 7) is -0.235. The normalized spacial score (nSPS) is 11.2. The molecular weight excluding hydrogens is 391 g/mol. The topological polar surface area (TPSA) is 78.9 Å². The second-order valence-electron chi connectivity index (χ2n) is 5.40. The van der Waals surface area contributed by atoms with Crippen LogP contribution in [0.15, 0.2) is 27.8 Å². The molecule has 0 fully saturated rings. The van der Waals surface area contributed by atoms with Crippen molar-refractivity contribution in [3.63, 3.8) is 0 Å². The molecule has 130 valence electrons. The predicted molar refractivity (Wildman–Crippen MR) is 96.0 cm³/mol. The highest BCUT2D eigenvalue weighted by molar-refractivity contribution is 6.42. The first-order chi connectivity index (χ1) is 11.7. The van der Waals surface area contributed by atoms with Crippen LogP contribution in [0.2, 0.25) is 15.3 Å². The highest BCUT2D eigenvalue weighted by Gasteiger charge is 2.20. The number of benzene rings is 1. The average molecular weight is 402 g/mol. The fourth-order valence-corrected chi connectivity index (χ4v) is 2.99. The van der Waals surface area contributed by atoms with Crippen LogP contribution in [0, 0.1) is 0 Å². The van der Waals surface area contributed by atoms with Crippen LogP contribution >= 0.6 is 34.8 Å². The summed E-state index contributed by atoms with van der Waals surface area (Å²) in [6, 6.07) is 4.47. The number of carbonyl (C=O) groups is 1. The molecule has 0 spiro atoms. The van der Waals surface area contributed by atoms with Crippen LogP contribution in [0.3, 0.4) is 0 Å². The van der Waals surface area contributed by atoms with Crippen molar-refractivity contribution in [3.8, 4) is 0 Å². The lowest BCUT2D eigenvalue weighted by molar-refractivity contribution is 0.0973. The van der Waals surface area contributed by atoms with Gasteiger partial charge in [-0.15, -0.1) is 0 Å². The Bertz CT molecular complexity index is 1140. The van der Waals surface area contributed by atoms with Gasteiger partial charge in [0.25, 0.3) is 5.56 Å². The number of aromatic nitrogens is 4. The molecule has 1 aromatic carbocycles. The molecule has 0 aliphatic rings. The molecule has 0 aliphatic carbocycles. The number of aryl methyl sites for hydroxylation is 1. The maximum absolute atomic E-state index is 12.5. The molecule has 0 atom stereocenters. The second-order valence-corrected chi connectivity index (χ2v) is 6.55. The third kappa shape index (κ3) is 2.88. The maximum Gasteiger partial charge on any atom is 0.332 e. The van der Waals surface area contributed by atoms with Crippen LogP contribution < -0.4 is 11.2 Å². The zero-order chi connectivity index (χ0) is 18.5. The summed E-state index contributed by atoms with van der Waals surface area (Å²) >= 11 is 17.9. The molecular formula is C15H11Cl3N4O3. The highest BCUT2D eigenvalue weighted by Crippen LogP contribution is 2.23. The van der Waals surface area contributed by atoms with Crippen LogP contribution in [-0.4, -0.2) is 24.5 Å². The molecule has 2 heterocycles. The molecule has 10 heteroatoms. The summed E-state index contributed by atoms with van der Waals surface area (Å²) < 4.78 is 3.40. The van der Waals surface area contributed by atoms with E-state index in [1.54, 1.807) is 0 Å². The molecule has 0 radical (unpaired) electrons. The van der Waals surface area contributed by atoms with Crippen LogP contribution in [0.5, 0.6) is 0 Å². The zero-order valence-corrected chi connectivity index (χ0v) is 15.4. The standard InChI is InChI=1S/C15H11Cl3N4O3/c1-20-12-11(13(24)21(2)15(20)25)22(14(18)19-12)6-10(23)7-3-4-8(16)9(17)5-7/h3-5H,6H2,1-2H3. The number of rotatable bonds is 3. The van der Waals surface area contributed by atoms with E-state index >= 15 is 0 Å².